The smallest absolute Gasteiger partial charge is 0.312 e. The first-order valence-electron chi connectivity index (χ1n) is 12.8. The molecule has 3 fully saturated rings. The van der Waals surface area contributed by atoms with Crippen LogP contribution < -0.4 is 0 Å². The van der Waals surface area contributed by atoms with Gasteiger partial charge in [-0.05, 0) is 67.8 Å². The number of rotatable bonds is 5. The zero-order valence-corrected chi connectivity index (χ0v) is 21.5. The minimum atomic E-state index is -0.452. The largest absolute Gasteiger partial charge is 0.507 e. The molecule has 0 saturated carbocycles. The van der Waals surface area contributed by atoms with Gasteiger partial charge in [0.05, 0.1) is 11.0 Å². The summed E-state index contributed by atoms with van der Waals surface area (Å²) < 4.78 is 5.78. The van der Waals surface area contributed by atoms with Gasteiger partial charge in [-0.1, -0.05) is 33.8 Å². The van der Waals surface area contributed by atoms with E-state index in [1.165, 1.54) is 12.8 Å². The molecule has 3 aliphatic heterocycles. The fourth-order valence-electron chi connectivity index (χ4n) is 5.53. The second kappa shape index (κ2) is 11.4. The Hall–Kier alpha value is -2.61. The summed E-state index contributed by atoms with van der Waals surface area (Å²) >= 11 is 0. The van der Waals surface area contributed by atoms with Crippen LogP contribution in [-0.4, -0.2) is 77.2 Å². The molecule has 35 heavy (non-hydrogen) atoms. The molecule has 2 N–H and O–H groups in total. The SMILES string of the molecule is CC(C)c1cc(C(=O)N2CCC3(CC2)CC(CN2CCCC2)OC3=O)c(O)c(C(C)C)c1.O=CO. The number of nitrogens with zero attached hydrogens (tertiary/aromatic N) is 2. The molecule has 1 spiro atoms. The molecular weight excluding hydrogens is 448 g/mol. The summed E-state index contributed by atoms with van der Waals surface area (Å²) in [6.45, 7) is 12.1. The lowest BCUT2D eigenvalue weighted by Crippen LogP contribution is -2.45. The highest BCUT2D eigenvalue weighted by Crippen LogP contribution is 2.44. The third-order valence-electron chi connectivity index (χ3n) is 7.67. The highest BCUT2D eigenvalue weighted by atomic mass is 16.6. The molecule has 0 bridgehead atoms. The Morgan fingerprint density at radius 1 is 1.11 bits per heavy atom. The van der Waals surface area contributed by atoms with E-state index in [2.05, 4.69) is 18.7 Å². The van der Waals surface area contributed by atoms with Gasteiger partial charge in [0, 0.05) is 26.1 Å². The van der Waals surface area contributed by atoms with Gasteiger partial charge in [0.2, 0.25) is 0 Å². The lowest BCUT2D eigenvalue weighted by atomic mass is 9.76. The zero-order valence-electron chi connectivity index (χ0n) is 21.5. The van der Waals surface area contributed by atoms with Crippen LogP contribution in [0.2, 0.25) is 0 Å². The number of aromatic hydroxyl groups is 1. The van der Waals surface area contributed by atoms with E-state index >= 15 is 0 Å². The topological polar surface area (TPSA) is 107 Å². The number of carboxylic acid groups (broad SMARTS) is 1. The number of benzene rings is 1. The van der Waals surface area contributed by atoms with Crippen LogP contribution >= 0.6 is 0 Å². The zero-order chi connectivity index (χ0) is 25.8. The Balaban J connectivity index is 0.00000108. The second-order valence-electron chi connectivity index (χ2n) is 10.7. The number of ether oxygens (including phenoxy) is 1. The number of piperidine rings is 1. The molecule has 1 aromatic carbocycles. The lowest BCUT2D eigenvalue weighted by molar-refractivity contribution is -0.151. The molecule has 3 heterocycles. The fourth-order valence-corrected chi connectivity index (χ4v) is 5.53. The van der Waals surface area contributed by atoms with Crippen molar-refractivity contribution in [3.05, 3.63) is 28.8 Å². The van der Waals surface area contributed by atoms with E-state index in [-0.39, 0.29) is 42.0 Å². The molecule has 1 amide bonds. The quantitative estimate of drug-likeness (QED) is 0.477. The van der Waals surface area contributed by atoms with Gasteiger partial charge in [0.25, 0.3) is 12.4 Å². The number of cyclic esters (lactones) is 1. The number of hydrogen-bond acceptors (Lipinski definition) is 6. The van der Waals surface area contributed by atoms with Crippen molar-refractivity contribution in [1.29, 1.82) is 0 Å². The minimum absolute atomic E-state index is 0.0248. The molecule has 8 nitrogen and oxygen atoms in total. The summed E-state index contributed by atoms with van der Waals surface area (Å²) in [5.41, 5.74) is 1.81. The third-order valence-corrected chi connectivity index (χ3v) is 7.67. The first kappa shape index (κ1) is 27.0. The summed E-state index contributed by atoms with van der Waals surface area (Å²) in [6, 6.07) is 3.86. The van der Waals surface area contributed by atoms with Crippen molar-refractivity contribution in [1.82, 2.24) is 9.80 Å². The Morgan fingerprint density at radius 3 is 2.26 bits per heavy atom. The highest BCUT2D eigenvalue weighted by Gasteiger charge is 2.51. The van der Waals surface area contributed by atoms with Crippen molar-refractivity contribution in [3.8, 4) is 5.75 Å². The molecule has 1 unspecified atom stereocenters. The molecule has 1 atom stereocenters. The van der Waals surface area contributed by atoms with Crippen molar-refractivity contribution in [2.75, 3.05) is 32.7 Å². The lowest BCUT2D eigenvalue weighted by Gasteiger charge is -2.37. The Bertz CT molecular complexity index is 914. The number of amides is 1. The number of carbonyl (C=O) groups is 3. The normalized spacial score (nSPS) is 21.8. The molecular formula is C27H40N2O6. The first-order chi connectivity index (χ1) is 16.6. The highest BCUT2D eigenvalue weighted by molar-refractivity contribution is 5.98. The summed E-state index contributed by atoms with van der Waals surface area (Å²) in [7, 11) is 0. The molecule has 3 aliphatic rings. The van der Waals surface area contributed by atoms with Crippen LogP contribution in [0.1, 0.15) is 93.1 Å². The average Bonchev–Trinajstić information content (AvgIpc) is 3.42. The summed E-state index contributed by atoms with van der Waals surface area (Å²) in [5, 5.41) is 17.7. The van der Waals surface area contributed by atoms with E-state index in [4.69, 9.17) is 14.6 Å². The van der Waals surface area contributed by atoms with Crippen molar-refractivity contribution in [2.45, 2.75) is 77.7 Å². The third kappa shape index (κ3) is 5.97. The molecule has 194 valence electrons. The van der Waals surface area contributed by atoms with Gasteiger partial charge in [-0.15, -0.1) is 0 Å². The average molecular weight is 489 g/mol. The molecule has 0 aliphatic carbocycles. The van der Waals surface area contributed by atoms with E-state index < -0.39 is 5.41 Å². The van der Waals surface area contributed by atoms with E-state index in [0.29, 0.717) is 31.5 Å². The van der Waals surface area contributed by atoms with Gasteiger partial charge in [0.1, 0.15) is 11.9 Å². The number of hydrogen-bond donors (Lipinski definition) is 2. The van der Waals surface area contributed by atoms with E-state index in [1.807, 2.05) is 26.0 Å². The van der Waals surface area contributed by atoms with Crippen molar-refractivity contribution in [3.63, 3.8) is 0 Å². The molecule has 0 radical (unpaired) electrons. The Kier molecular flexibility index (Phi) is 8.80. The number of esters is 1. The summed E-state index contributed by atoms with van der Waals surface area (Å²) in [6.07, 6.45) is 4.46. The van der Waals surface area contributed by atoms with Crippen LogP contribution in [0.4, 0.5) is 0 Å². The maximum Gasteiger partial charge on any atom is 0.312 e. The summed E-state index contributed by atoms with van der Waals surface area (Å²) in [5.74, 6) is 0.277. The van der Waals surface area contributed by atoms with Crippen molar-refractivity contribution >= 4 is 18.3 Å². The predicted molar refractivity (Wildman–Crippen MR) is 133 cm³/mol. The Labute approximate surface area is 208 Å². The maximum absolute atomic E-state index is 13.4. The van der Waals surface area contributed by atoms with E-state index in [1.54, 1.807) is 4.90 Å². The monoisotopic (exact) mass is 488 g/mol. The number of likely N-dealkylation sites (tertiary alicyclic amines) is 2. The van der Waals surface area contributed by atoms with Crippen LogP contribution in [0.3, 0.4) is 0 Å². The van der Waals surface area contributed by atoms with E-state index in [9.17, 15) is 14.7 Å². The van der Waals surface area contributed by atoms with Crippen LogP contribution in [0.25, 0.3) is 0 Å². The van der Waals surface area contributed by atoms with Crippen molar-refractivity contribution < 1.29 is 29.3 Å². The van der Waals surface area contributed by atoms with Gasteiger partial charge >= 0.3 is 5.97 Å². The standard InChI is InChI=1S/C26H38N2O4.CH2O2/c1-17(2)19-13-21(18(3)4)23(29)22(14-19)24(30)28-11-7-26(8-12-28)15-20(32-25(26)31)16-27-9-5-6-10-27;2-1-3/h13-14,17-18,20,29H,5-12,15-16H2,1-4H3;1H,(H,2,3). The predicted octanol–water partition coefficient (Wildman–Crippen LogP) is 3.97. The second-order valence-corrected chi connectivity index (χ2v) is 10.7. The minimum Gasteiger partial charge on any atom is -0.507 e. The molecule has 8 heteroatoms. The molecule has 0 aromatic heterocycles. The molecule has 1 aromatic rings. The van der Waals surface area contributed by atoms with Gasteiger partial charge in [-0.25, -0.2) is 0 Å². The summed E-state index contributed by atoms with van der Waals surface area (Å²) in [4.78, 5) is 38.7. The number of phenols is 1. The number of carbonyl (C=O) groups excluding carboxylic acids is 2. The molecule has 4 rings (SSSR count). The van der Waals surface area contributed by atoms with Gasteiger partial charge < -0.3 is 19.8 Å². The first-order valence-corrected chi connectivity index (χ1v) is 12.8. The van der Waals surface area contributed by atoms with Crippen LogP contribution in [0.5, 0.6) is 5.75 Å². The van der Waals surface area contributed by atoms with E-state index in [0.717, 1.165) is 37.2 Å². The van der Waals surface area contributed by atoms with Crippen LogP contribution in [0.15, 0.2) is 12.1 Å². The van der Waals surface area contributed by atoms with Crippen LogP contribution in [-0.2, 0) is 14.3 Å². The van der Waals surface area contributed by atoms with Gasteiger partial charge in [-0.2, -0.15) is 0 Å². The number of phenolic OH excluding ortho intramolecular Hbond substituents is 1. The van der Waals surface area contributed by atoms with Crippen LogP contribution in [0, 0.1) is 5.41 Å². The fraction of sp³-hybridized carbons (Fsp3) is 0.667. The Morgan fingerprint density at radius 2 is 1.71 bits per heavy atom. The molecule has 3 saturated heterocycles. The van der Waals surface area contributed by atoms with Crippen molar-refractivity contribution in [2.24, 2.45) is 5.41 Å². The van der Waals surface area contributed by atoms with Gasteiger partial charge in [0.15, 0.2) is 0 Å². The van der Waals surface area contributed by atoms with Gasteiger partial charge in [-0.3, -0.25) is 19.3 Å². The maximum atomic E-state index is 13.4.